The highest BCUT2D eigenvalue weighted by Gasteiger charge is 2.21. The van der Waals surface area contributed by atoms with E-state index >= 15 is 0 Å². The van der Waals surface area contributed by atoms with Crippen LogP contribution in [0, 0.1) is 0 Å². The van der Waals surface area contributed by atoms with Crippen LogP contribution in [0.3, 0.4) is 0 Å². The van der Waals surface area contributed by atoms with Crippen LogP contribution in [0.4, 0.5) is 5.82 Å². The molecule has 0 N–H and O–H groups in total. The molecule has 0 amide bonds. The first kappa shape index (κ1) is 11.8. The Labute approximate surface area is 104 Å². The number of ether oxygens (including phenoxy) is 1. The summed E-state index contributed by atoms with van der Waals surface area (Å²) < 4.78 is 6.50. The molecule has 0 bridgehead atoms. The number of nitrogens with zero attached hydrogens (tertiary/aromatic N) is 3. The van der Waals surface area contributed by atoms with Crippen LogP contribution in [-0.4, -0.2) is 35.8 Å². The molecule has 1 aromatic rings. The van der Waals surface area contributed by atoms with E-state index in [4.69, 9.17) is 4.74 Å². The van der Waals surface area contributed by atoms with Gasteiger partial charge in [-0.2, -0.15) is 0 Å². The van der Waals surface area contributed by atoms with E-state index in [1.165, 1.54) is 0 Å². The normalized spacial score (nSPS) is 21.1. The third-order valence-corrected chi connectivity index (χ3v) is 3.16. The Morgan fingerprint density at radius 3 is 3.19 bits per heavy atom. The fraction of sp³-hybridized carbons (Fsp3) is 0.636. The molecule has 16 heavy (non-hydrogen) atoms. The Morgan fingerprint density at radius 2 is 2.44 bits per heavy atom. The summed E-state index contributed by atoms with van der Waals surface area (Å²) in [6.07, 6.45) is 4.24. The van der Waals surface area contributed by atoms with Gasteiger partial charge in [0.15, 0.2) is 0 Å². The lowest BCUT2D eigenvalue weighted by Crippen LogP contribution is -2.40. The van der Waals surface area contributed by atoms with Crippen LogP contribution in [0.15, 0.2) is 17.0 Å². The predicted octanol–water partition coefficient (Wildman–Crippen LogP) is 2.24. The van der Waals surface area contributed by atoms with Gasteiger partial charge in [0.2, 0.25) is 0 Å². The minimum absolute atomic E-state index is 0.340. The number of halogens is 1. The zero-order chi connectivity index (χ0) is 11.4. The fourth-order valence-electron chi connectivity index (χ4n) is 2.02. The van der Waals surface area contributed by atoms with Crippen LogP contribution < -0.4 is 4.90 Å². The average Bonchev–Trinajstić information content (AvgIpc) is 2.30. The summed E-state index contributed by atoms with van der Waals surface area (Å²) in [4.78, 5) is 10.6. The quantitative estimate of drug-likeness (QED) is 0.799. The SMILES string of the molecule is CCOC1CCCN(c2cc(Br)ncn2)C1. The molecule has 0 aromatic carbocycles. The topological polar surface area (TPSA) is 38.2 Å². The molecule has 2 rings (SSSR count). The van der Waals surface area contributed by atoms with Gasteiger partial charge in [0.05, 0.1) is 6.10 Å². The van der Waals surface area contributed by atoms with Crippen LogP contribution in [0.1, 0.15) is 19.8 Å². The van der Waals surface area contributed by atoms with Gasteiger partial charge in [0.25, 0.3) is 0 Å². The molecule has 1 aliphatic heterocycles. The monoisotopic (exact) mass is 285 g/mol. The molecule has 5 heteroatoms. The maximum Gasteiger partial charge on any atom is 0.133 e. The van der Waals surface area contributed by atoms with E-state index in [9.17, 15) is 0 Å². The molecule has 1 atom stereocenters. The maximum absolute atomic E-state index is 5.67. The summed E-state index contributed by atoms with van der Waals surface area (Å²) in [7, 11) is 0. The van der Waals surface area contributed by atoms with Crippen molar-refractivity contribution in [3.05, 3.63) is 17.0 Å². The van der Waals surface area contributed by atoms with Crippen LogP contribution in [-0.2, 0) is 4.74 Å². The van der Waals surface area contributed by atoms with Crippen LogP contribution in [0.2, 0.25) is 0 Å². The average molecular weight is 286 g/mol. The fourth-order valence-corrected chi connectivity index (χ4v) is 2.31. The van der Waals surface area contributed by atoms with Crippen LogP contribution >= 0.6 is 15.9 Å². The van der Waals surface area contributed by atoms with E-state index in [1.54, 1.807) is 6.33 Å². The first-order valence-electron chi connectivity index (χ1n) is 5.63. The van der Waals surface area contributed by atoms with Gasteiger partial charge in [0, 0.05) is 25.8 Å². The summed E-state index contributed by atoms with van der Waals surface area (Å²) in [5.41, 5.74) is 0. The van der Waals surface area contributed by atoms with Gasteiger partial charge in [-0.3, -0.25) is 0 Å². The zero-order valence-electron chi connectivity index (χ0n) is 9.40. The molecule has 1 aliphatic rings. The van der Waals surface area contributed by atoms with E-state index in [-0.39, 0.29) is 0 Å². The van der Waals surface area contributed by atoms with Crippen molar-refractivity contribution in [2.24, 2.45) is 0 Å². The van der Waals surface area contributed by atoms with Crippen molar-refractivity contribution in [2.75, 3.05) is 24.6 Å². The Hall–Kier alpha value is -0.680. The van der Waals surface area contributed by atoms with Gasteiger partial charge in [-0.05, 0) is 35.7 Å². The zero-order valence-corrected chi connectivity index (χ0v) is 11.0. The van der Waals surface area contributed by atoms with Crippen molar-refractivity contribution in [3.63, 3.8) is 0 Å². The summed E-state index contributed by atoms with van der Waals surface area (Å²) in [6.45, 7) is 4.80. The summed E-state index contributed by atoms with van der Waals surface area (Å²) in [5.74, 6) is 0.978. The number of hydrogen-bond donors (Lipinski definition) is 0. The molecule has 2 heterocycles. The second-order valence-corrected chi connectivity index (χ2v) is 4.68. The lowest BCUT2D eigenvalue weighted by atomic mass is 10.1. The Morgan fingerprint density at radius 1 is 1.56 bits per heavy atom. The largest absolute Gasteiger partial charge is 0.377 e. The van der Waals surface area contributed by atoms with E-state index in [0.29, 0.717) is 6.10 Å². The highest BCUT2D eigenvalue weighted by atomic mass is 79.9. The first-order valence-corrected chi connectivity index (χ1v) is 6.43. The van der Waals surface area contributed by atoms with Gasteiger partial charge in [-0.15, -0.1) is 0 Å². The van der Waals surface area contributed by atoms with Crippen molar-refractivity contribution in [1.82, 2.24) is 9.97 Å². The summed E-state index contributed by atoms with van der Waals surface area (Å²) in [5, 5.41) is 0. The van der Waals surface area contributed by atoms with Crippen LogP contribution in [0.25, 0.3) is 0 Å². The first-order chi connectivity index (χ1) is 7.79. The molecule has 4 nitrogen and oxygen atoms in total. The lowest BCUT2D eigenvalue weighted by molar-refractivity contribution is 0.0525. The Bertz CT molecular complexity index is 346. The van der Waals surface area contributed by atoms with E-state index in [0.717, 1.165) is 43.0 Å². The molecule has 1 aromatic heterocycles. The van der Waals surface area contributed by atoms with E-state index in [1.807, 2.05) is 13.0 Å². The highest BCUT2D eigenvalue weighted by molar-refractivity contribution is 9.10. The molecule has 0 spiro atoms. The molecule has 0 radical (unpaired) electrons. The third kappa shape index (κ3) is 2.92. The number of piperidine rings is 1. The van der Waals surface area contributed by atoms with E-state index < -0.39 is 0 Å². The molecule has 0 saturated carbocycles. The van der Waals surface area contributed by atoms with Crippen molar-refractivity contribution in [2.45, 2.75) is 25.9 Å². The molecule has 0 aliphatic carbocycles. The number of anilines is 1. The van der Waals surface area contributed by atoms with Crippen molar-refractivity contribution < 1.29 is 4.74 Å². The van der Waals surface area contributed by atoms with Gasteiger partial charge in [-0.1, -0.05) is 0 Å². The molecule has 1 saturated heterocycles. The third-order valence-electron chi connectivity index (χ3n) is 2.72. The number of rotatable bonds is 3. The minimum Gasteiger partial charge on any atom is -0.377 e. The van der Waals surface area contributed by atoms with Gasteiger partial charge >= 0.3 is 0 Å². The smallest absolute Gasteiger partial charge is 0.133 e. The Balaban J connectivity index is 2.03. The second-order valence-electron chi connectivity index (χ2n) is 3.86. The van der Waals surface area contributed by atoms with Crippen LogP contribution in [0.5, 0.6) is 0 Å². The predicted molar refractivity (Wildman–Crippen MR) is 66.6 cm³/mol. The molecule has 1 unspecified atom stereocenters. The maximum atomic E-state index is 5.67. The highest BCUT2D eigenvalue weighted by Crippen LogP contribution is 2.20. The number of aromatic nitrogens is 2. The molecular formula is C11H16BrN3O. The summed E-state index contributed by atoms with van der Waals surface area (Å²) >= 11 is 3.37. The lowest BCUT2D eigenvalue weighted by Gasteiger charge is -2.33. The van der Waals surface area contributed by atoms with Gasteiger partial charge in [0.1, 0.15) is 16.7 Å². The number of hydrogen-bond acceptors (Lipinski definition) is 4. The minimum atomic E-state index is 0.340. The van der Waals surface area contributed by atoms with Crippen molar-refractivity contribution in [1.29, 1.82) is 0 Å². The molecule has 1 fully saturated rings. The van der Waals surface area contributed by atoms with Gasteiger partial charge in [-0.25, -0.2) is 9.97 Å². The second kappa shape index (κ2) is 5.59. The standard InChI is InChI=1S/C11H16BrN3O/c1-2-16-9-4-3-5-15(7-9)11-6-10(12)13-8-14-11/h6,8-9H,2-5,7H2,1H3. The van der Waals surface area contributed by atoms with E-state index in [2.05, 4.69) is 30.8 Å². The molecule has 88 valence electrons. The van der Waals surface area contributed by atoms with Gasteiger partial charge < -0.3 is 9.64 Å². The van der Waals surface area contributed by atoms with Crippen molar-refractivity contribution in [3.8, 4) is 0 Å². The summed E-state index contributed by atoms with van der Waals surface area (Å²) in [6, 6.07) is 1.95. The Kier molecular flexibility index (Phi) is 4.12. The molecular weight excluding hydrogens is 270 g/mol. The van der Waals surface area contributed by atoms with Crippen molar-refractivity contribution >= 4 is 21.7 Å².